The van der Waals surface area contributed by atoms with Crippen LogP contribution in [0.4, 0.5) is 0 Å². The zero-order valence-electron chi connectivity index (χ0n) is 6.55. The predicted molar refractivity (Wildman–Crippen MR) is 53.5 cm³/mol. The van der Waals surface area contributed by atoms with Crippen LogP contribution in [-0.2, 0) is 0 Å². The molecule has 68 valence electrons. The molecule has 0 spiro atoms. The van der Waals surface area contributed by atoms with Crippen molar-refractivity contribution in [2.24, 2.45) is 5.10 Å². The van der Waals surface area contributed by atoms with Crippen LogP contribution in [0.5, 0.6) is 0 Å². The predicted octanol–water partition coefficient (Wildman–Crippen LogP) is 2.34. The fourth-order valence-electron chi connectivity index (χ4n) is 0.774. The first kappa shape index (κ1) is 10.0. The van der Waals surface area contributed by atoms with E-state index < -0.39 is 0 Å². The van der Waals surface area contributed by atoms with Gasteiger partial charge in [0.05, 0.1) is 10.0 Å². The average molecular weight is 217 g/mol. The Labute approximate surface area is 85.3 Å². The number of hydrazone groups is 1. The van der Waals surface area contributed by atoms with Gasteiger partial charge in [0.2, 0.25) is 0 Å². The number of rotatable bonds is 2. The lowest BCUT2D eigenvalue weighted by molar-refractivity contribution is 0.0955. The zero-order valence-corrected chi connectivity index (χ0v) is 8.06. The van der Waals surface area contributed by atoms with Gasteiger partial charge in [-0.3, -0.25) is 4.79 Å². The Balaban J connectivity index is 2.96. The van der Waals surface area contributed by atoms with Gasteiger partial charge < -0.3 is 0 Å². The van der Waals surface area contributed by atoms with Gasteiger partial charge in [0, 0.05) is 12.3 Å². The van der Waals surface area contributed by atoms with Gasteiger partial charge in [-0.05, 0) is 18.2 Å². The molecule has 0 heterocycles. The first-order chi connectivity index (χ1) is 6.15. The minimum Gasteiger partial charge on any atom is -0.267 e. The van der Waals surface area contributed by atoms with Crippen molar-refractivity contribution in [1.82, 2.24) is 5.43 Å². The quantitative estimate of drug-likeness (QED) is 0.599. The highest BCUT2D eigenvalue weighted by Gasteiger charge is 2.06. The number of halogens is 2. The van der Waals surface area contributed by atoms with E-state index in [1.54, 1.807) is 12.1 Å². The standard InChI is InChI=1S/C8H6Cl2N2O/c1-11-12-8(13)5-2-3-6(9)7(10)4-5/h2-4H,1H2,(H,12,13). The van der Waals surface area contributed by atoms with Crippen molar-refractivity contribution in [2.75, 3.05) is 0 Å². The number of amides is 1. The highest BCUT2D eigenvalue weighted by atomic mass is 35.5. The average Bonchev–Trinajstić information content (AvgIpc) is 2.10. The van der Waals surface area contributed by atoms with Crippen LogP contribution in [-0.4, -0.2) is 12.6 Å². The second kappa shape index (κ2) is 4.25. The van der Waals surface area contributed by atoms with Crippen molar-refractivity contribution in [3.05, 3.63) is 33.8 Å². The summed E-state index contributed by atoms with van der Waals surface area (Å²) in [6.45, 7) is 3.13. The molecule has 13 heavy (non-hydrogen) atoms. The summed E-state index contributed by atoms with van der Waals surface area (Å²) in [6, 6.07) is 4.56. The monoisotopic (exact) mass is 216 g/mol. The summed E-state index contributed by atoms with van der Waals surface area (Å²) in [5.41, 5.74) is 2.57. The molecule has 3 nitrogen and oxygen atoms in total. The first-order valence-corrected chi connectivity index (χ1v) is 4.12. The van der Waals surface area contributed by atoms with Crippen LogP contribution in [0.2, 0.25) is 10.0 Å². The molecule has 0 bridgehead atoms. The van der Waals surface area contributed by atoms with Gasteiger partial charge >= 0.3 is 0 Å². The van der Waals surface area contributed by atoms with Gasteiger partial charge in [-0.15, -0.1) is 0 Å². The van der Waals surface area contributed by atoms with E-state index in [0.717, 1.165) is 0 Å². The van der Waals surface area contributed by atoms with Crippen molar-refractivity contribution < 1.29 is 4.79 Å². The Hall–Kier alpha value is -1.06. The fraction of sp³-hybridized carbons (Fsp3) is 0. The van der Waals surface area contributed by atoms with Gasteiger partial charge in [-0.25, -0.2) is 5.43 Å². The molecule has 0 aliphatic rings. The van der Waals surface area contributed by atoms with Gasteiger partial charge in [-0.1, -0.05) is 23.2 Å². The van der Waals surface area contributed by atoms with Crippen molar-refractivity contribution >= 4 is 35.8 Å². The van der Waals surface area contributed by atoms with Gasteiger partial charge in [-0.2, -0.15) is 5.10 Å². The molecule has 0 aromatic heterocycles. The van der Waals surface area contributed by atoms with Gasteiger partial charge in [0.15, 0.2) is 0 Å². The third-order valence-corrected chi connectivity index (χ3v) is 2.10. The Kier molecular flexibility index (Phi) is 3.28. The third-order valence-electron chi connectivity index (χ3n) is 1.36. The number of hydrogen-bond donors (Lipinski definition) is 1. The molecular weight excluding hydrogens is 211 g/mol. The lowest BCUT2D eigenvalue weighted by atomic mass is 10.2. The second-order valence-electron chi connectivity index (χ2n) is 2.23. The lowest BCUT2D eigenvalue weighted by Gasteiger charge is -2.00. The molecule has 0 saturated carbocycles. The van der Waals surface area contributed by atoms with Crippen LogP contribution in [0.1, 0.15) is 10.4 Å². The largest absolute Gasteiger partial charge is 0.271 e. The van der Waals surface area contributed by atoms with E-state index in [9.17, 15) is 4.79 Å². The van der Waals surface area contributed by atoms with Gasteiger partial charge in [0.25, 0.3) is 5.91 Å². The summed E-state index contributed by atoms with van der Waals surface area (Å²) in [4.78, 5) is 11.2. The normalized spacial score (nSPS) is 9.38. The first-order valence-electron chi connectivity index (χ1n) is 3.36. The molecule has 0 radical (unpaired) electrons. The Morgan fingerprint density at radius 2 is 2.08 bits per heavy atom. The molecule has 1 aromatic rings. The van der Waals surface area contributed by atoms with Crippen LogP contribution in [0, 0.1) is 0 Å². The maximum atomic E-state index is 11.2. The molecule has 0 aliphatic carbocycles. The number of nitrogens with zero attached hydrogens (tertiary/aromatic N) is 1. The highest BCUT2D eigenvalue weighted by Crippen LogP contribution is 2.22. The Morgan fingerprint density at radius 3 is 2.62 bits per heavy atom. The summed E-state index contributed by atoms with van der Waals surface area (Å²) < 4.78 is 0. The number of carbonyl (C=O) groups is 1. The second-order valence-corrected chi connectivity index (χ2v) is 3.04. The van der Waals surface area contributed by atoms with Crippen LogP contribution in [0.15, 0.2) is 23.3 Å². The summed E-state index contributed by atoms with van der Waals surface area (Å²) in [7, 11) is 0. The Bertz CT molecular complexity index is 352. The van der Waals surface area contributed by atoms with Crippen LogP contribution in [0.25, 0.3) is 0 Å². The van der Waals surface area contributed by atoms with E-state index in [0.29, 0.717) is 15.6 Å². The van der Waals surface area contributed by atoms with E-state index in [1.165, 1.54) is 6.07 Å². The summed E-state index contributed by atoms with van der Waals surface area (Å²) in [6.07, 6.45) is 0. The zero-order chi connectivity index (χ0) is 9.84. The smallest absolute Gasteiger partial charge is 0.267 e. The molecule has 5 heteroatoms. The third kappa shape index (κ3) is 2.44. The molecule has 1 aromatic carbocycles. The molecule has 0 fully saturated rings. The van der Waals surface area contributed by atoms with Crippen molar-refractivity contribution in [1.29, 1.82) is 0 Å². The summed E-state index contributed by atoms with van der Waals surface area (Å²) in [5, 5.41) is 3.98. The molecule has 0 unspecified atom stereocenters. The van der Waals surface area contributed by atoms with Crippen LogP contribution >= 0.6 is 23.2 Å². The van der Waals surface area contributed by atoms with Gasteiger partial charge in [0.1, 0.15) is 0 Å². The van der Waals surface area contributed by atoms with Crippen molar-refractivity contribution in [3.8, 4) is 0 Å². The van der Waals surface area contributed by atoms with E-state index in [-0.39, 0.29) is 5.91 Å². The van der Waals surface area contributed by atoms with Crippen molar-refractivity contribution in [3.63, 3.8) is 0 Å². The van der Waals surface area contributed by atoms with E-state index in [1.807, 2.05) is 0 Å². The molecule has 0 aliphatic heterocycles. The molecule has 0 saturated heterocycles. The van der Waals surface area contributed by atoms with Crippen LogP contribution in [0.3, 0.4) is 0 Å². The topological polar surface area (TPSA) is 41.5 Å². The highest BCUT2D eigenvalue weighted by molar-refractivity contribution is 6.42. The number of hydrogen-bond acceptors (Lipinski definition) is 2. The molecule has 1 rings (SSSR count). The minimum absolute atomic E-state index is 0.332. The number of nitrogens with one attached hydrogen (secondary N) is 1. The van der Waals surface area contributed by atoms with Crippen molar-refractivity contribution in [2.45, 2.75) is 0 Å². The summed E-state index contributed by atoms with van der Waals surface area (Å²) >= 11 is 11.4. The lowest BCUT2D eigenvalue weighted by Crippen LogP contribution is -2.16. The van der Waals surface area contributed by atoms with E-state index in [2.05, 4.69) is 17.2 Å². The fourth-order valence-corrected chi connectivity index (χ4v) is 1.07. The molecular formula is C8H6Cl2N2O. The Morgan fingerprint density at radius 1 is 1.38 bits per heavy atom. The summed E-state index contributed by atoms with van der Waals surface area (Å²) in [5.74, 6) is -0.367. The maximum absolute atomic E-state index is 11.2. The number of benzene rings is 1. The number of carbonyl (C=O) groups excluding carboxylic acids is 1. The minimum atomic E-state index is -0.367. The SMILES string of the molecule is C=NNC(=O)c1ccc(Cl)c(Cl)c1. The van der Waals surface area contributed by atoms with E-state index >= 15 is 0 Å². The molecule has 1 amide bonds. The van der Waals surface area contributed by atoms with E-state index in [4.69, 9.17) is 23.2 Å². The van der Waals surface area contributed by atoms with Crippen LogP contribution < -0.4 is 5.43 Å². The maximum Gasteiger partial charge on any atom is 0.271 e. The molecule has 0 atom stereocenters. The molecule has 1 N–H and O–H groups in total.